The van der Waals surface area contributed by atoms with E-state index in [9.17, 15) is 9.59 Å². The molecule has 0 N–H and O–H groups in total. The minimum Gasteiger partial charge on any atom is -0.361 e. The highest BCUT2D eigenvalue weighted by Gasteiger charge is 2.33. The lowest BCUT2D eigenvalue weighted by molar-refractivity contribution is 0.0717. The molecule has 26 heavy (non-hydrogen) atoms. The van der Waals surface area contributed by atoms with E-state index in [1.54, 1.807) is 26.0 Å². The molecule has 0 aromatic carbocycles. The first-order valence-corrected chi connectivity index (χ1v) is 9.01. The molecule has 0 saturated carbocycles. The van der Waals surface area contributed by atoms with E-state index in [0.717, 1.165) is 18.5 Å². The number of carbonyl (C=O) groups is 1. The van der Waals surface area contributed by atoms with E-state index >= 15 is 0 Å². The summed E-state index contributed by atoms with van der Waals surface area (Å²) in [6, 6.07) is 3.28. The van der Waals surface area contributed by atoms with Gasteiger partial charge in [0, 0.05) is 18.0 Å². The van der Waals surface area contributed by atoms with Gasteiger partial charge >= 0.3 is 0 Å². The third-order valence-electron chi connectivity index (χ3n) is 4.90. The number of hydrogen-bond donors (Lipinski definition) is 0. The van der Waals surface area contributed by atoms with Gasteiger partial charge in [-0.3, -0.25) is 9.59 Å². The number of nitrogens with zero attached hydrogens (tertiary/aromatic N) is 4. The number of rotatable bonds is 3. The first-order chi connectivity index (χ1) is 12.2. The highest BCUT2D eigenvalue weighted by Crippen LogP contribution is 2.24. The molecule has 7 nitrogen and oxygen atoms in total. The van der Waals surface area contributed by atoms with E-state index in [0.29, 0.717) is 30.1 Å². The molecule has 2 aromatic rings. The number of aryl methyl sites for hydroxylation is 2. The molecule has 140 valence electrons. The third-order valence-corrected chi connectivity index (χ3v) is 4.90. The second-order valence-electron chi connectivity index (χ2n) is 7.98. The van der Waals surface area contributed by atoms with Gasteiger partial charge in [0.1, 0.15) is 11.3 Å². The maximum atomic E-state index is 13.0. The molecular formula is C19H26N4O3. The van der Waals surface area contributed by atoms with Crippen molar-refractivity contribution < 1.29 is 9.32 Å². The highest BCUT2D eigenvalue weighted by molar-refractivity contribution is 5.96. The monoisotopic (exact) mass is 358 g/mol. The smallest absolute Gasteiger partial charge is 0.266 e. The zero-order valence-corrected chi connectivity index (χ0v) is 16.1. The van der Waals surface area contributed by atoms with Crippen LogP contribution in [0.25, 0.3) is 0 Å². The summed E-state index contributed by atoms with van der Waals surface area (Å²) >= 11 is 0. The van der Waals surface area contributed by atoms with Crippen molar-refractivity contribution in [1.82, 2.24) is 19.8 Å². The molecule has 1 aliphatic heterocycles. The molecule has 1 aliphatic rings. The summed E-state index contributed by atoms with van der Waals surface area (Å²) in [7, 11) is 0. The van der Waals surface area contributed by atoms with Crippen molar-refractivity contribution in [2.45, 2.75) is 65.5 Å². The summed E-state index contributed by atoms with van der Waals surface area (Å²) in [6.07, 6.45) is 1.76. The van der Waals surface area contributed by atoms with Crippen LogP contribution in [0.5, 0.6) is 0 Å². The van der Waals surface area contributed by atoms with Crippen LogP contribution in [-0.4, -0.2) is 38.3 Å². The minimum absolute atomic E-state index is 0.0587. The average Bonchev–Trinajstić information content (AvgIpc) is 3.14. The van der Waals surface area contributed by atoms with Gasteiger partial charge in [-0.2, -0.15) is 5.10 Å². The standard InChI is InChI=1S/C19H26N4O3/c1-12-17(13(2)26-21-12)18(25)22-10-6-7-14(22)11-23-16(24)9-8-15(20-23)19(3,4)5/h8-9,14H,6-7,10-11H2,1-5H3. The van der Waals surface area contributed by atoms with Crippen LogP contribution in [0.3, 0.4) is 0 Å². The van der Waals surface area contributed by atoms with Gasteiger partial charge in [-0.25, -0.2) is 4.68 Å². The van der Waals surface area contributed by atoms with Gasteiger partial charge < -0.3 is 9.42 Å². The second kappa shape index (κ2) is 6.70. The quantitative estimate of drug-likeness (QED) is 0.842. The van der Waals surface area contributed by atoms with E-state index in [-0.39, 0.29) is 22.9 Å². The lowest BCUT2D eigenvalue weighted by Gasteiger charge is -2.25. The number of likely N-dealkylation sites (tertiary alicyclic amines) is 1. The van der Waals surface area contributed by atoms with Crippen LogP contribution in [-0.2, 0) is 12.0 Å². The van der Waals surface area contributed by atoms with E-state index in [1.807, 2.05) is 4.90 Å². The Balaban J connectivity index is 1.86. The molecule has 7 heteroatoms. The van der Waals surface area contributed by atoms with Crippen LogP contribution >= 0.6 is 0 Å². The number of amides is 1. The Kier molecular flexibility index (Phi) is 4.73. The summed E-state index contributed by atoms with van der Waals surface area (Å²) in [5, 5.41) is 8.41. The van der Waals surface area contributed by atoms with Crippen molar-refractivity contribution in [3.8, 4) is 0 Å². The van der Waals surface area contributed by atoms with Crippen LogP contribution in [0.2, 0.25) is 0 Å². The van der Waals surface area contributed by atoms with Gasteiger partial charge in [-0.1, -0.05) is 25.9 Å². The van der Waals surface area contributed by atoms with Crippen molar-refractivity contribution in [1.29, 1.82) is 0 Å². The van der Waals surface area contributed by atoms with Gasteiger partial charge in [-0.05, 0) is 32.8 Å². The molecule has 0 aliphatic carbocycles. The average molecular weight is 358 g/mol. The summed E-state index contributed by atoms with van der Waals surface area (Å²) in [5.74, 6) is 0.451. The summed E-state index contributed by atoms with van der Waals surface area (Å²) in [6.45, 7) is 10.8. The third kappa shape index (κ3) is 3.43. The first-order valence-electron chi connectivity index (χ1n) is 9.01. The Morgan fingerprint density at radius 1 is 1.31 bits per heavy atom. The lowest BCUT2D eigenvalue weighted by Crippen LogP contribution is -2.41. The van der Waals surface area contributed by atoms with Crippen LogP contribution in [0, 0.1) is 13.8 Å². The fraction of sp³-hybridized carbons (Fsp3) is 0.579. The molecule has 3 heterocycles. The van der Waals surface area contributed by atoms with Crippen LogP contribution in [0.15, 0.2) is 21.5 Å². The molecule has 2 aromatic heterocycles. The molecule has 1 atom stereocenters. The summed E-state index contributed by atoms with van der Waals surface area (Å²) in [4.78, 5) is 27.1. The summed E-state index contributed by atoms with van der Waals surface area (Å²) in [5.41, 5.74) is 1.70. The van der Waals surface area contributed by atoms with Gasteiger partial charge in [-0.15, -0.1) is 0 Å². The maximum absolute atomic E-state index is 13.0. The summed E-state index contributed by atoms with van der Waals surface area (Å²) < 4.78 is 6.63. The van der Waals surface area contributed by atoms with Crippen molar-refractivity contribution in [3.63, 3.8) is 0 Å². The zero-order chi connectivity index (χ0) is 19.1. The van der Waals surface area contributed by atoms with Gasteiger partial charge in [0.05, 0.1) is 24.0 Å². The molecule has 0 spiro atoms. The number of hydrogen-bond acceptors (Lipinski definition) is 5. The largest absolute Gasteiger partial charge is 0.361 e. The SMILES string of the molecule is Cc1noc(C)c1C(=O)N1CCCC1Cn1nc(C(C)(C)C)ccc1=O. The second-order valence-corrected chi connectivity index (χ2v) is 7.98. The molecule has 1 saturated heterocycles. The van der Waals surface area contributed by atoms with Crippen molar-refractivity contribution in [2.24, 2.45) is 0 Å². The normalized spacial score (nSPS) is 17.7. The van der Waals surface area contributed by atoms with Crippen molar-refractivity contribution in [2.75, 3.05) is 6.54 Å². The Hall–Kier alpha value is -2.44. The topological polar surface area (TPSA) is 81.2 Å². The molecule has 0 bridgehead atoms. The van der Waals surface area contributed by atoms with Gasteiger partial charge in [0.2, 0.25) is 0 Å². The molecule has 1 amide bonds. The van der Waals surface area contributed by atoms with Gasteiger partial charge in [0.25, 0.3) is 11.5 Å². The Labute approximate surface area is 153 Å². The van der Waals surface area contributed by atoms with Crippen molar-refractivity contribution in [3.05, 3.63) is 45.2 Å². The van der Waals surface area contributed by atoms with Gasteiger partial charge in [0.15, 0.2) is 0 Å². The lowest BCUT2D eigenvalue weighted by atomic mass is 9.92. The fourth-order valence-corrected chi connectivity index (χ4v) is 3.40. The van der Waals surface area contributed by atoms with Crippen molar-refractivity contribution >= 4 is 5.91 Å². The maximum Gasteiger partial charge on any atom is 0.266 e. The molecule has 0 radical (unpaired) electrons. The highest BCUT2D eigenvalue weighted by atomic mass is 16.5. The van der Waals surface area contributed by atoms with Crippen LogP contribution < -0.4 is 5.56 Å². The first kappa shape index (κ1) is 18.4. The van der Waals surface area contributed by atoms with Crippen LogP contribution in [0.4, 0.5) is 0 Å². The van der Waals surface area contributed by atoms with E-state index < -0.39 is 0 Å². The van der Waals surface area contributed by atoms with E-state index in [1.165, 1.54) is 4.68 Å². The molecule has 1 fully saturated rings. The van der Waals surface area contributed by atoms with E-state index in [4.69, 9.17) is 4.52 Å². The Morgan fingerprint density at radius 2 is 2.04 bits per heavy atom. The number of aromatic nitrogens is 3. The minimum atomic E-state index is -0.144. The van der Waals surface area contributed by atoms with Crippen LogP contribution in [0.1, 0.15) is 61.1 Å². The molecular weight excluding hydrogens is 332 g/mol. The number of carbonyl (C=O) groups excluding carboxylic acids is 1. The Morgan fingerprint density at radius 3 is 2.65 bits per heavy atom. The van der Waals surface area contributed by atoms with E-state index in [2.05, 4.69) is 31.0 Å². The molecule has 1 unspecified atom stereocenters. The molecule has 3 rings (SSSR count). The predicted molar refractivity (Wildman–Crippen MR) is 97.2 cm³/mol. The fourth-order valence-electron chi connectivity index (χ4n) is 3.40. The Bertz CT molecular complexity index is 856. The zero-order valence-electron chi connectivity index (χ0n) is 16.1. The predicted octanol–water partition coefficient (Wildman–Crippen LogP) is 2.45.